The summed E-state index contributed by atoms with van der Waals surface area (Å²) in [6, 6.07) is 5.36. The maximum atomic E-state index is 11.0. The number of thioether (sulfide) groups is 1. The van der Waals surface area contributed by atoms with Crippen LogP contribution in [0, 0.1) is 10.1 Å². The van der Waals surface area contributed by atoms with Crippen LogP contribution in [0.5, 0.6) is 0 Å². The van der Waals surface area contributed by atoms with Crippen molar-refractivity contribution in [3.8, 4) is 0 Å². The molecule has 0 radical (unpaired) electrons. The minimum Gasteiger partial charge on any atom is -0.396 e. The van der Waals surface area contributed by atoms with Crippen molar-refractivity contribution in [1.29, 1.82) is 0 Å². The quantitative estimate of drug-likeness (QED) is 0.476. The van der Waals surface area contributed by atoms with Crippen LogP contribution in [0.25, 0.3) is 0 Å². The highest BCUT2D eigenvalue weighted by molar-refractivity contribution is 7.98. The third-order valence-corrected chi connectivity index (χ3v) is 3.70. The van der Waals surface area contributed by atoms with Gasteiger partial charge in [0.1, 0.15) is 5.69 Å². The van der Waals surface area contributed by atoms with Crippen LogP contribution in [-0.2, 0) is 6.54 Å². The molecule has 0 fully saturated rings. The van der Waals surface area contributed by atoms with Gasteiger partial charge in [0.05, 0.1) is 4.92 Å². The van der Waals surface area contributed by atoms with Crippen LogP contribution in [0.15, 0.2) is 18.2 Å². The molecule has 7 heteroatoms. The molecule has 0 bridgehead atoms. The molecule has 112 valence electrons. The van der Waals surface area contributed by atoms with Gasteiger partial charge in [0, 0.05) is 38.1 Å². The zero-order chi connectivity index (χ0) is 15.0. The molecule has 0 aliphatic rings. The molecule has 0 saturated carbocycles. The lowest BCUT2D eigenvalue weighted by Gasteiger charge is -2.16. The average Bonchev–Trinajstić information content (AvgIpc) is 2.45. The van der Waals surface area contributed by atoms with E-state index >= 15 is 0 Å². The number of aliphatic hydroxyl groups excluding tert-OH is 1. The minimum absolute atomic E-state index is 0.0791. The van der Waals surface area contributed by atoms with Crippen molar-refractivity contribution in [3.63, 3.8) is 0 Å². The lowest BCUT2D eigenvalue weighted by molar-refractivity contribution is -0.384. The lowest BCUT2D eigenvalue weighted by atomic mass is 10.1. The first-order valence-electron chi connectivity index (χ1n) is 6.40. The number of benzene rings is 1. The summed E-state index contributed by atoms with van der Waals surface area (Å²) in [5, 5.41) is 26.1. The van der Waals surface area contributed by atoms with Gasteiger partial charge in [-0.05, 0) is 24.3 Å². The summed E-state index contributed by atoms with van der Waals surface area (Å²) in [7, 11) is 1.66. The lowest BCUT2D eigenvalue weighted by Crippen LogP contribution is -2.31. The third kappa shape index (κ3) is 4.99. The standard InChI is InChI=1S/C13H21N3O3S/c1-14-12-4-3-10(7-13(12)16(18)19)8-15-11(5-6-17)9-20-2/h3-4,7,11,14-15,17H,5-6,8-9H2,1-2H3. The molecule has 1 rings (SSSR count). The van der Waals surface area contributed by atoms with Crippen LogP contribution in [-0.4, -0.2) is 41.7 Å². The first-order chi connectivity index (χ1) is 9.62. The predicted octanol–water partition coefficient (Wildman–Crippen LogP) is 1.84. The molecule has 1 unspecified atom stereocenters. The number of hydrogen-bond donors (Lipinski definition) is 3. The highest BCUT2D eigenvalue weighted by atomic mass is 32.2. The highest BCUT2D eigenvalue weighted by Gasteiger charge is 2.14. The van der Waals surface area contributed by atoms with E-state index in [1.165, 1.54) is 0 Å². The topological polar surface area (TPSA) is 87.4 Å². The Morgan fingerprint density at radius 1 is 1.50 bits per heavy atom. The molecule has 20 heavy (non-hydrogen) atoms. The number of nitro benzene ring substituents is 1. The largest absolute Gasteiger partial charge is 0.396 e. The Kier molecular flexibility index (Phi) is 7.35. The number of nitro groups is 1. The molecule has 0 aliphatic heterocycles. The second kappa shape index (κ2) is 8.78. The monoisotopic (exact) mass is 299 g/mol. The van der Waals surface area contributed by atoms with Crippen molar-refractivity contribution in [2.24, 2.45) is 0 Å². The summed E-state index contributed by atoms with van der Waals surface area (Å²) in [4.78, 5) is 10.6. The van der Waals surface area contributed by atoms with E-state index in [1.54, 1.807) is 30.9 Å². The number of nitrogens with zero attached hydrogens (tertiary/aromatic N) is 1. The summed E-state index contributed by atoms with van der Waals surface area (Å²) in [6.07, 6.45) is 2.69. The van der Waals surface area contributed by atoms with E-state index in [0.717, 1.165) is 11.3 Å². The maximum absolute atomic E-state index is 11.0. The molecular formula is C13H21N3O3S. The van der Waals surface area contributed by atoms with Crippen LogP contribution in [0.2, 0.25) is 0 Å². The smallest absolute Gasteiger partial charge is 0.292 e. The van der Waals surface area contributed by atoms with Gasteiger partial charge in [0.25, 0.3) is 5.69 Å². The minimum atomic E-state index is -0.386. The van der Waals surface area contributed by atoms with Crippen molar-refractivity contribution < 1.29 is 10.0 Å². The normalized spacial score (nSPS) is 12.2. The third-order valence-electron chi connectivity index (χ3n) is 2.97. The summed E-state index contributed by atoms with van der Waals surface area (Å²) in [5.74, 6) is 0.900. The van der Waals surface area contributed by atoms with E-state index in [0.29, 0.717) is 18.7 Å². The Morgan fingerprint density at radius 2 is 2.25 bits per heavy atom. The predicted molar refractivity (Wildman–Crippen MR) is 83.4 cm³/mol. The van der Waals surface area contributed by atoms with Gasteiger partial charge in [-0.1, -0.05) is 6.07 Å². The number of nitrogens with one attached hydrogen (secondary N) is 2. The Bertz CT molecular complexity index is 437. The molecule has 0 saturated heterocycles. The maximum Gasteiger partial charge on any atom is 0.292 e. The Labute approximate surface area is 123 Å². The van der Waals surface area contributed by atoms with E-state index < -0.39 is 0 Å². The highest BCUT2D eigenvalue weighted by Crippen LogP contribution is 2.25. The molecule has 6 nitrogen and oxygen atoms in total. The number of anilines is 1. The summed E-state index contributed by atoms with van der Waals surface area (Å²) < 4.78 is 0. The fourth-order valence-corrected chi connectivity index (χ4v) is 2.60. The first-order valence-corrected chi connectivity index (χ1v) is 7.80. The second-order valence-corrected chi connectivity index (χ2v) is 5.31. The van der Waals surface area contributed by atoms with E-state index in [-0.39, 0.29) is 23.3 Å². The van der Waals surface area contributed by atoms with E-state index in [9.17, 15) is 10.1 Å². The number of aliphatic hydroxyl groups is 1. The Balaban J connectivity index is 2.72. The number of hydrogen-bond acceptors (Lipinski definition) is 6. The van der Waals surface area contributed by atoms with Gasteiger partial charge in [-0.2, -0.15) is 11.8 Å². The molecule has 1 aromatic rings. The zero-order valence-corrected chi connectivity index (χ0v) is 12.6. The van der Waals surface area contributed by atoms with Crippen molar-refractivity contribution in [3.05, 3.63) is 33.9 Å². The van der Waals surface area contributed by atoms with Crippen LogP contribution < -0.4 is 10.6 Å². The van der Waals surface area contributed by atoms with Crippen LogP contribution in [0.4, 0.5) is 11.4 Å². The SMILES string of the molecule is CNc1ccc(CNC(CCO)CSC)cc1[N+](=O)[O-]. The van der Waals surface area contributed by atoms with Gasteiger partial charge in [0.15, 0.2) is 0 Å². The summed E-state index contributed by atoms with van der Waals surface area (Å²) >= 11 is 1.71. The molecular weight excluding hydrogens is 278 g/mol. The molecule has 1 atom stereocenters. The van der Waals surface area contributed by atoms with Crippen molar-refractivity contribution in [2.45, 2.75) is 19.0 Å². The van der Waals surface area contributed by atoms with Gasteiger partial charge in [0.2, 0.25) is 0 Å². The first kappa shape index (κ1) is 16.7. The second-order valence-electron chi connectivity index (χ2n) is 4.40. The Hall–Kier alpha value is -1.31. The summed E-state index contributed by atoms with van der Waals surface area (Å²) in [5.41, 5.74) is 1.45. The zero-order valence-electron chi connectivity index (χ0n) is 11.8. The van der Waals surface area contributed by atoms with Crippen molar-refractivity contribution in [1.82, 2.24) is 5.32 Å². The van der Waals surface area contributed by atoms with Gasteiger partial charge in [-0.25, -0.2) is 0 Å². The molecule has 0 aliphatic carbocycles. The molecule has 3 N–H and O–H groups in total. The van der Waals surface area contributed by atoms with E-state index in [2.05, 4.69) is 10.6 Å². The van der Waals surface area contributed by atoms with E-state index in [1.807, 2.05) is 12.3 Å². The fourth-order valence-electron chi connectivity index (χ4n) is 1.91. The van der Waals surface area contributed by atoms with Gasteiger partial charge < -0.3 is 15.7 Å². The van der Waals surface area contributed by atoms with Crippen LogP contribution >= 0.6 is 11.8 Å². The molecule has 0 amide bonds. The average molecular weight is 299 g/mol. The molecule has 0 heterocycles. The van der Waals surface area contributed by atoms with Crippen molar-refractivity contribution in [2.75, 3.05) is 31.0 Å². The molecule has 0 aromatic heterocycles. The molecule has 1 aromatic carbocycles. The van der Waals surface area contributed by atoms with Crippen molar-refractivity contribution >= 4 is 23.1 Å². The Morgan fingerprint density at radius 3 is 2.80 bits per heavy atom. The van der Waals surface area contributed by atoms with E-state index in [4.69, 9.17) is 5.11 Å². The molecule has 0 spiro atoms. The van der Waals surface area contributed by atoms with Gasteiger partial charge in [-0.3, -0.25) is 10.1 Å². The van der Waals surface area contributed by atoms with Crippen LogP contribution in [0.3, 0.4) is 0 Å². The van der Waals surface area contributed by atoms with Gasteiger partial charge in [-0.15, -0.1) is 0 Å². The van der Waals surface area contributed by atoms with Gasteiger partial charge >= 0.3 is 0 Å². The number of rotatable bonds is 9. The summed E-state index contributed by atoms with van der Waals surface area (Å²) in [6.45, 7) is 0.688. The fraction of sp³-hybridized carbons (Fsp3) is 0.538. The van der Waals surface area contributed by atoms with Crippen LogP contribution in [0.1, 0.15) is 12.0 Å².